The molecule has 1 aromatic heterocycles. The molecule has 1 saturated carbocycles. The van der Waals surface area contributed by atoms with Gasteiger partial charge >= 0.3 is 0 Å². The van der Waals surface area contributed by atoms with Gasteiger partial charge in [0.1, 0.15) is 0 Å². The van der Waals surface area contributed by atoms with E-state index in [1.165, 1.54) is 30.8 Å². The first-order valence-electron chi connectivity index (χ1n) is 7.83. The Morgan fingerprint density at radius 2 is 2.00 bits per heavy atom. The van der Waals surface area contributed by atoms with Crippen molar-refractivity contribution >= 4 is 16.5 Å². The molecule has 1 aliphatic carbocycles. The molecule has 1 aromatic rings. The molecule has 3 rings (SSSR count). The van der Waals surface area contributed by atoms with Crippen LogP contribution in [0.15, 0.2) is 11.6 Å². The fraction of sp³-hybridized carbons (Fsp3) is 0.800. The van der Waals surface area contributed by atoms with Crippen molar-refractivity contribution in [2.45, 2.75) is 38.1 Å². The smallest absolute Gasteiger partial charge is 0.185 e. The highest BCUT2D eigenvalue weighted by atomic mass is 32.1. The van der Waals surface area contributed by atoms with Crippen LogP contribution in [0.25, 0.3) is 0 Å². The van der Waals surface area contributed by atoms with Crippen LogP contribution < -0.4 is 10.6 Å². The van der Waals surface area contributed by atoms with Crippen molar-refractivity contribution in [3.05, 3.63) is 11.6 Å². The topological polar surface area (TPSA) is 45.4 Å². The molecule has 0 radical (unpaired) electrons. The summed E-state index contributed by atoms with van der Waals surface area (Å²) in [6, 6.07) is 0. The number of hydrogen-bond acceptors (Lipinski definition) is 5. The van der Waals surface area contributed by atoms with Gasteiger partial charge in [-0.25, -0.2) is 4.98 Å². The molecule has 0 amide bonds. The zero-order chi connectivity index (χ0) is 14.0. The van der Waals surface area contributed by atoms with Crippen LogP contribution in [0.4, 0.5) is 5.13 Å². The molecule has 2 aliphatic rings. The Balaban J connectivity index is 1.61. The SMILES string of the molecule is CC1CCC(CN)(N2CCN(c3nccs3)CC2)CC1. The predicted octanol–water partition coefficient (Wildman–Crippen LogP) is 2.17. The van der Waals surface area contributed by atoms with Gasteiger partial charge in [0.25, 0.3) is 0 Å². The van der Waals surface area contributed by atoms with Crippen molar-refractivity contribution in [1.82, 2.24) is 9.88 Å². The summed E-state index contributed by atoms with van der Waals surface area (Å²) >= 11 is 1.74. The second-order valence-corrected chi connectivity index (χ2v) is 7.27. The van der Waals surface area contributed by atoms with Gasteiger partial charge in [0.2, 0.25) is 0 Å². The van der Waals surface area contributed by atoms with E-state index < -0.39 is 0 Å². The largest absolute Gasteiger partial charge is 0.346 e. The lowest BCUT2D eigenvalue weighted by molar-refractivity contribution is 0.0401. The predicted molar refractivity (Wildman–Crippen MR) is 85.3 cm³/mol. The highest BCUT2D eigenvalue weighted by molar-refractivity contribution is 7.13. The molecule has 112 valence electrons. The normalized spacial score (nSPS) is 32.5. The van der Waals surface area contributed by atoms with Crippen molar-refractivity contribution in [2.75, 3.05) is 37.6 Å². The van der Waals surface area contributed by atoms with E-state index in [2.05, 4.69) is 27.1 Å². The molecular weight excluding hydrogens is 268 g/mol. The Morgan fingerprint density at radius 3 is 2.55 bits per heavy atom. The maximum Gasteiger partial charge on any atom is 0.185 e. The van der Waals surface area contributed by atoms with Gasteiger partial charge in [0, 0.05) is 49.8 Å². The molecule has 0 unspecified atom stereocenters. The second-order valence-electron chi connectivity index (χ2n) is 6.40. The van der Waals surface area contributed by atoms with E-state index in [0.717, 1.165) is 38.6 Å². The van der Waals surface area contributed by atoms with Crippen molar-refractivity contribution in [3.63, 3.8) is 0 Å². The van der Waals surface area contributed by atoms with Gasteiger partial charge in [-0.3, -0.25) is 4.90 Å². The number of aromatic nitrogens is 1. The monoisotopic (exact) mass is 294 g/mol. The summed E-state index contributed by atoms with van der Waals surface area (Å²) in [6.07, 6.45) is 7.13. The average Bonchev–Trinajstić information content (AvgIpc) is 3.03. The number of thiazole rings is 1. The molecule has 4 nitrogen and oxygen atoms in total. The van der Waals surface area contributed by atoms with Crippen LogP contribution in [0.5, 0.6) is 0 Å². The van der Waals surface area contributed by atoms with Crippen LogP contribution in [0.2, 0.25) is 0 Å². The number of rotatable bonds is 3. The summed E-state index contributed by atoms with van der Waals surface area (Å²) in [5.41, 5.74) is 6.46. The minimum Gasteiger partial charge on any atom is -0.346 e. The molecule has 0 spiro atoms. The molecule has 1 saturated heterocycles. The van der Waals surface area contributed by atoms with Crippen molar-refractivity contribution < 1.29 is 0 Å². The first-order valence-corrected chi connectivity index (χ1v) is 8.71. The van der Waals surface area contributed by atoms with Gasteiger partial charge in [-0.15, -0.1) is 11.3 Å². The van der Waals surface area contributed by atoms with E-state index in [1.54, 1.807) is 11.3 Å². The third kappa shape index (κ3) is 2.71. The van der Waals surface area contributed by atoms with Crippen molar-refractivity contribution in [2.24, 2.45) is 11.7 Å². The second kappa shape index (κ2) is 6.00. The van der Waals surface area contributed by atoms with E-state index in [-0.39, 0.29) is 5.54 Å². The van der Waals surface area contributed by atoms with Gasteiger partial charge in [-0.2, -0.15) is 0 Å². The van der Waals surface area contributed by atoms with Crippen LogP contribution in [0.1, 0.15) is 32.6 Å². The van der Waals surface area contributed by atoms with Gasteiger partial charge in [0.05, 0.1) is 0 Å². The minimum atomic E-state index is 0.279. The van der Waals surface area contributed by atoms with E-state index in [4.69, 9.17) is 5.73 Å². The summed E-state index contributed by atoms with van der Waals surface area (Å²) < 4.78 is 0. The molecule has 2 N–H and O–H groups in total. The highest BCUT2D eigenvalue weighted by Crippen LogP contribution is 2.36. The molecule has 2 heterocycles. The molecule has 0 bridgehead atoms. The third-order valence-corrected chi connectivity index (χ3v) is 6.06. The number of anilines is 1. The molecule has 5 heteroatoms. The van der Waals surface area contributed by atoms with Crippen molar-refractivity contribution in [3.8, 4) is 0 Å². The Hall–Kier alpha value is -0.650. The Kier molecular flexibility index (Phi) is 4.29. The van der Waals surface area contributed by atoms with Gasteiger partial charge in [-0.05, 0) is 31.6 Å². The molecule has 1 aliphatic heterocycles. The number of piperazine rings is 1. The summed E-state index contributed by atoms with van der Waals surface area (Å²) in [7, 11) is 0. The van der Waals surface area contributed by atoms with E-state index >= 15 is 0 Å². The summed E-state index contributed by atoms with van der Waals surface area (Å²) in [6.45, 7) is 7.63. The Bertz CT molecular complexity index is 404. The number of nitrogens with two attached hydrogens (primary N) is 1. The fourth-order valence-corrected chi connectivity index (χ4v) is 4.39. The zero-order valence-electron chi connectivity index (χ0n) is 12.4. The molecule has 2 fully saturated rings. The Labute approximate surface area is 126 Å². The quantitative estimate of drug-likeness (QED) is 0.928. The van der Waals surface area contributed by atoms with E-state index in [9.17, 15) is 0 Å². The highest BCUT2D eigenvalue weighted by Gasteiger charge is 2.39. The molecular formula is C15H26N4S. The first-order chi connectivity index (χ1) is 9.73. The first kappa shape index (κ1) is 14.3. The van der Waals surface area contributed by atoms with Crippen molar-refractivity contribution in [1.29, 1.82) is 0 Å². The minimum absolute atomic E-state index is 0.279. The number of hydrogen-bond donors (Lipinski definition) is 1. The van der Waals surface area contributed by atoms with Crippen LogP contribution in [0.3, 0.4) is 0 Å². The summed E-state index contributed by atoms with van der Waals surface area (Å²) in [4.78, 5) is 9.51. The van der Waals surface area contributed by atoms with Gasteiger partial charge < -0.3 is 10.6 Å². The lowest BCUT2D eigenvalue weighted by Crippen LogP contribution is -2.61. The lowest BCUT2D eigenvalue weighted by Gasteiger charge is -2.50. The summed E-state index contributed by atoms with van der Waals surface area (Å²) in [5.74, 6) is 0.881. The zero-order valence-corrected chi connectivity index (χ0v) is 13.2. The van der Waals surface area contributed by atoms with Crippen LogP contribution in [0, 0.1) is 5.92 Å². The van der Waals surface area contributed by atoms with Crippen LogP contribution in [-0.4, -0.2) is 48.1 Å². The van der Waals surface area contributed by atoms with E-state index in [1.807, 2.05) is 6.20 Å². The Morgan fingerprint density at radius 1 is 1.30 bits per heavy atom. The maximum absolute atomic E-state index is 6.18. The average molecular weight is 294 g/mol. The van der Waals surface area contributed by atoms with Gasteiger partial charge in [0.15, 0.2) is 5.13 Å². The number of nitrogens with zero attached hydrogens (tertiary/aromatic N) is 3. The standard InChI is InChI=1S/C15H26N4S/c1-13-2-4-15(12-16,5-3-13)19-9-7-18(8-10-19)14-17-6-11-20-14/h6,11,13H,2-5,7-10,12,16H2,1H3. The fourth-order valence-electron chi connectivity index (χ4n) is 3.69. The molecule has 0 aromatic carbocycles. The van der Waals surface area contributed by atoms with E-state index in [0.29, 0.717) is 0 Å². The third-order valence-electron chi connectivity index (χ3n) is 5.23. The summed E-state index contributed by atoms with van der Waals surface area (Å²) in [5, 5.41) is 3.23. The maximum atomic E-state index is 6.18. The van der Waals surface area contributed by atoms with Crippen LogP contribution >= 0.6 is 11.3 Å². The van der Waals surface area contributed by atoms with Gasteiger partial charge in [-0.1, -0.05) is 6.92 Å². The van der Waals surface area contributed by atoms with Crippen LogP contribution in [-0.2, 0) is 0 Å². The molecule has 0 atom stereocenters. The lowest BCUT2D eigenvalue weighted by atomic mass is 9.75. The molecule has 20 heavy (non-hydrogen) atoms.